The molecule has 0 bridgehead atoms. The molecule has 1 aliphatic heterocycles. The van der Waals surface area contributed by atoms with Gasteiger partial charge in [-0.05, 0) is 64.0 Å². The van der Waals surface area contributed by atoms with Crippen molar-refractivity contribution in [2.75, 3.05) is 25.0 Å². The summed E-state index contributed by atoms with van der Waals surface area (Å²) in [5.74, 6) is 2.80. The van der Waals surface area contributed by atoms with Crippen LogP contribution in [0.2, 0.25) is 0 Å². The highest BCUT2D eigenvalue weighted by atomic mass is 16.1. The van der Waals surface area contributed by atoms with Gasteiger partial charge < -0.3 is 5.32 Å². The summed E-state index contributed by atoms with van der Waals surface area (Å²) in [6, 6.07) is 9.85. The smallest absolute Gasteiger partial charge is 0.227 e. The first-order valence-corrected chi connectivity index (χ1v) is 8.67. The van der Waals surface area contributed by atoms with Crippen LogP contribution in [0, 0.1) is 32.1 Å². The van der Waals surface area contributed by atoms with Gasteiger partial charge in [0, 0.05) is 17.3 Å². The predicted molar refractivity (Wildman–Crippen MR) is 99.7 cm³/mol. The van der Waals surface area contributed by atoms with Crippen LogP contribution in [0.3, 0.4) is 0 Å². The van der Waals surface area contributed by atoms with Crippen LogP contribution >= 0.6 is 0 Å². The fourth-order valence-corrected chi connectivity index (χ4v) is 3.33. The first kappa shape index (κ1) is 17.2. The molecule has 1 aromatic heterocycles. The Labute approximate surface area is 149 Å². The Morgan fingerprint density at radius 3 is 2.72 bits per heavy atom. The Morgan fingerprint density at radius 2 is 2.08 bits per heavy atom. The number of hydrogen-bond donors (Lipinski definition) is 1. The summed E-state index contributed by atoms with van der Waals surface area (Å²) in [6.07, 6.45) is 7.06. The molecule has 2 heterocycles. The molecule has 1 amide bonds. The average Bonchev–Trinajstić information content (AvgIpc) is 2.94. The largest absolute Gasteiger partial charge is 0.326 e. The molecule has 0 spiro atoms. The van der Waals surface area contributed by atoms with Gasteiger partial charge in [0.25, 0.3) is 0 Å². The maximum atomic E-state index is 12.6. The summed E-state index contributed by atoms with van der Waals surface area (Å²) in [4.78, 5) is 14.8. The molecule has 0 unspecified atom stereocenters. The van der Waals surface area contributed by atoms with E-state index in [1.165, 1.54) is 0 Å². The molecule has 1 fully saturated rings. The maximum Gasteiger partial charge on any atom is 0.227 e. The van der Waals surface area contributed by atoms with E-state index in [1.54, 1.807) is 0 Å². The van der Waals surface area contributed by atoms with Crippen molar-refractivity contribution >= 4 is 11.6 Å². The van der Waals surface area contributed by atoms with Gasteiger partial charge in [-0.2, -0.15) is 5.10 Å². The lowest BCUT2D eigenvalue weighted by atomic mass is 9.96. The molecule has 25 heavy (non-hydrogen) atoms. The quantitative estimate of drug-likeness (QED) is 0.874. The van der Waals surface area contributed by atoms with Gasteiger partial charge in [0.1, 0.15) is 0 Å². The van der Waals surface area contributed by atoms with Crippen LogP contribution in [-0.4, -0.2) is 40.2 Å². The molecule has 5 heteroatoms. The van der Waals surface area contributed by atoms with Crippen molar-refractivity contribution in [2.45, 2.75) is 26.7 Å². The van der Waals surface area contributed by atoms with Crippen molar-refractivity contribution in [3.05, 3.63) is 41.7 Å². The van der Waals surface area contributed by atoms with Crippen LogP contribution in [0.25, 0.3) is 5.69 Å². The minimum atomic E-state index is 0.0476. The summed E-state index contributed by atoms with van der Waals surface area (Å²) in [6.45, 7) is 6.43. The van der Waals surface area contributed by atoms with Crippen molar-refractivity contribution in [3.8, 4) is 18.0 Å². The summed E-state index contributed by atoms with van der Waals surface area (Å²) >= 11 is 0. The number of nitrogens with one attached hydrogen (secondary N) is 1. The zero-order chi connectivity index (χ0) is 17.8. The maximum absolute atomic E-state index is 12.6. The van der Waals surface area contributed by atoms with Crippen molar-refractivity contribution < 1.29 is 4.79 Å². The Morgan fingerprint density at radius 1 is 1.32 bits per heavy atom. The highest BCUT2D eigenvalue weighted by molar-refractivity contribution is 5.92. The molecule has 0 saturated carbocycles. The molecule has 0 radical (unpaired) electrons. The van der Waals surface area contributed by atoms with Crippen molar-refractivity contribution in [1.82, 2.24) is 14.7 Å². The number of anilines is 1. The zero-order valence-corrected chi connectivity index (χ0v) is 14.8. The first-order chi connectivity index (χ1) is 12.1. The van der Waals surface area contributed by atoms with Gasteiger partial charge in [-0.3, -0.25) is 9.69 Å². The Bertz CT molecular complexity index is 794. The van der Waals surface area contributed by atoms with Crippen LogP contribution in [-0.2, 0) is 4.79 Å². The van der Waals surface area contributed by atoms with Crippen molar-refractivity contribution in [1.29, 1.82) is 0 Å². The number of carbonyl (C=O) groups is 1. The van der Waals surface area contributed by atoms with Gasteiger partial charge in [-0.25, -0.2) is 4.68 Å². The molecular formula is C20H24N4O. The Balaban J connectivity index is 1.66. The normalized spacial score (nSPS) is 15.7. The van der Waals surface area contributed by atoms with E-state index in [1.807, 2.05) is 48.9 Å². The highest BCUT2D eigenvalue weighted by Crippen LogP contribution is 2.21. The number of amides is 1. The van der Waals surface area contributed by atoms with E-state index in [0.29, 0.717) is 6.54 Å². The van der Waals surface area contributed by atoms with E-state index >= 15 is 0 Å². The summed E-state index contributed by atoms with van der Waals surface area (Å²) in [7, 11) is 0. The molecule has 2 aromatic rings. The van der Waals surface area contributed by atoms with Gasteiger partial charge in [-0.1, -0.05) is 12.0 Å². The lowest BCUT2D eigenvalue weighted by Crippen LogP contribution is -2.38. The van der Waals surface area contributed by atoms with Gasteiger partial charge in [-0.15, -0.1) is 6.42 Å². The topological polar surface area (TPSA) is 50.2 Å². The third kappa shape index (κ3) is 4.09. The molecule has 130 valence electrons. The molecule has 1 aromatic carbocycles. The fourth-order valence-electron chi connectivity index (χ4n) is 3.33. The molecule has 3 rings (SSSR count). The number of nitrogens with zero attached hydrogens (tertiary/aromatic N) is 3. The molecule has 1 aliphatic rings. The summed E-state index contributed by atoms with van der Waals surface area (Å²) in [5, 5.41) is 7.55. The van der Waals surface area contributed by atoms with Crippen LogP contribution in [0.5, 0.6) is 0 Å². The third-order valence-electron chi connectivity index (χ3n) is 4.64. The van der Waals surface area contributed by atoms with E-state index < -0.39 is 0 Å². The second-order valence-corrected chi connectivity index (χ2v) is 6.63. The second-order valence-electron chi connectivity index (χ2n) is 6.63. The number of rotatable bonds is 4. The van der Waals surface area contributed by atoms with Crippen molar-refractivity contribution in [3.63, 3.8) is 0 Å². The Kier molecular flexibility index (Phi) is 5.20. The fraction of sp³-hybridized carbons (Fsp3) is 0.400. The van der Waals surface area contributed by atoms with Gasteiger partial charge in [0.2, 0.25) is 5.91 Å². The average molecular weight is 336 g/mol. The molecular weight excluding hydrogens is 312 g/mol. The van der Waals surface area contributed by atoms with E-state index in [2.05, 4.69) is 21.2 Å². The van der Waals surface area contributed by atoms with E-state index in [0.717, 1.165) is 48.7 Å². The molecule has 0 atom stereocenters. The van der Waals surface area contributed by atoms with Gasteiger partial charge in [0.15, 0.2) is 0 Å². The number of likely N-dealkylation sites (tertiary alicyclic amines) is 1. The summed E-state index contributed by atoms with van der Waals surface area (Å²) in [5.41, 5.74) is 3.81. The lowest BCUT2D eigenvalue weighted by molar-refractivity contribution is -0.121. The minimum absolute atomic E-state index is 0.0476. The SMILES string of the molecule is C#CCN1CCC(C(=O)Nc2cccc(-n3nc(C)cc3C)c2)CC1. The van der Waals surface area contributed by atoms with E-state index in [9.17, 15) is 4.79 Å². The Hall–Kier alpha value is -2.58. The number of hydrogen-bond acceptors (Lipinski definition) is 3. The van der Waals surface area contributed by atoms with E-state index in [-0.39, 0.29) is 11.8 Å². The number of aryl methyl sites for hydroxylation is 2. The van der Waals surface area contributed by atoms with Crippen molar-refractivity contribution in [2.24, 2.45) is 5.92 Å². The predicted octanol–water partition coefficient (Wildman–Crippen LogP) is 2.77. The minimum Gasteiger partial charge on any atom is -0.326 e. The zero-order valence-electron chi connectivity index (χ0n) is 14.8. The number of aromatic nitrogens is 2. The standard InChI is InChI=1S/C20H24N4O/c1-4-10-23-11-8-17(9-12-23)20(25)21-18-6-5-7-19(14-18)24-16(3)13-15(2)22-24/h1,5-7,13-14,17H,8-12H2,2-3H3,(H,21,25). The molecule has 5 nitrogen and oxygen atoms in total. The number of benzene rings is 1. The number of piperidine rings is 1. The molecule has 0 aliphatic carbocycles. The lowest BCUT2D eigenvalue weighted by Gasteiger charge is -2.29. The second kappa shape index (κ2) is 7.54. The van der Waals surface area contributed by atoms with Crippen LogP contribution in [0.15, 0.2) is 30.3 Å². The van der Waals surface area contributed by atoms with Gasteiger partial charge >= 0.3 is 0 Å². The first-order valence-electron chi connectivity index (χ1n) is 8.67. The van der Waals surface area contributed by atoms with Crippen LogP contribution in [0.1, 0.15) is 24.2 Å². The number of terminal acetylenes is 1. The van der Waals surface area contributed by atoms with Gasteiger partial charge in [0.05, 0.1) is 17.9 Å². The number of carbonyl (C=O) groups excluding carboxylic acids is 1. The molecule has 1 saturated heterocycles. The van der Waals surface area contributed by atoms with Crippen LogP contribution < -0.4 is 5.32 Å². The monoisotopic (exact) mass is 336 g/mol. The van der Waals surface area contributed by atoms with E-state index in [4.69, 9.17) is 6.42 Å². The molecule has 1 N–H and O–H groups in total. The van der Waals surface area contributed by atoms with Crippen LogP contribution in [0.4, 0.5) is 5.69 Å². The highest BCUT2D eigenvalue weighted by Gasteiger charge is 2.24. The summed E-state index contributed by atoms with van der Waals surface area (Å²) < 4.78 is 1.89. The third-order valence-corrected chi connectivity index (χ3v) is 4.64.